The predicted octanol–water partition coefficient (Wildman–Crippen LogP) is 1.48. The number of nitrogens with zero attached hydrogens (tertiary/aromatic N) is 1. The van der Waals surface area contributed by atoms with E-state index >= 15 is 0 Å². The van der Waals surface area contributed by atoms with Gasteiger partial charge < -0.3 is 5.73 Å². The molecule has 1 aromatic heterocycles. The molecule has 0 saturated heterocycles. The predicted molar refractivity (Wildman–Crippen MR) is 44.7 cm³/mol. The molecule has 0 amide bonds. The van der Waals surface area contributed by atoms with E-state index in [0.717, 1.165) is 0 Å². The second kappa shape index (κ2) is 3.78. The Balaban J connectivity index is 2.89. The Morgan fingerprint density at radius 1 is 1.55 bits per heavy atom. The van der Waals surface area contributed by atoms with Crippen molar-refractivity contribution in [2.24, 2.45) is 5.73 Å². The molecule has 1 heterocycles. The number of hydrogen-bond acceptors (Lipinski definition) is 2. The third kappa shape index (κ3) is 2.55. The van der Waals surface area contributed by atoms with Crippen molar-refractivity contribution in [1.82, 2.24) is 4.98 Å². The molecule has 0 bridgehead atoms. The van der Waals surface area contributed by atoms with E-state index in [9.17, 15) is 4.39 Å². The Hall–Kier alpha value is -0.480. The molecule has 0 aliphatic carbocycles. The number of pyridine rings is 1. The van der Waals surface area contributed by atoms with Crippen LogP contribution >= 0.6 is 15.9 Å². The number of aromatic nitrogens is 1. The lowest BCUT2D eigenvalue weighted by molar-refractivity contribution is 0.575. The van der Waals surface area contributed by atoms with E-state index in [4.69, 9.17) is 5.73 Å². The largest absolute Gasteiger partial charge is 0.330 e. The van der Waals surface area contributed by atoms with Gasteiger partial charge in [-0.05, 0) is 12.6 Å². The summed E-state index contributed by atoms with van der Waals surface area (Å²) in [5.74, 6) is -0.470. The lowest BCUT2D eigenvalue weighted by Crippen LogP contribution is -2.05. The maximum Gasteiger partial charge on any atom is 0.214 e. The van der Waals surface area contributed by atoms with E-state index in [1.807, 2.05) is 0 Å². The molecule has 0 unspecified atom stereocenters. The Kier molecular flexibility index (Phi) is 2.96. The first-order chi connectivity index (χ1) is 5.22. The molecule has 1 rings (SSSR count). The van der Waals surface area contributed by atoms with Crippen LogP contribution < -0.4 is 5.73 Å². The molecule has 0 spiro atoms. The Bertz CT molecular complexity index is 232. The van der Waals surface area contributed by atoms with Crippen LogP contribution in [0.1, 0.15) is 5.69 Å². The van der Waals surface area contributed by atoms with Gasteiger partial charge in [0.1, 0.15) is 0 Å². The van der Waals surface area contributed by atoms with Gasteiger partial charge >= 0.3 is 0 Å². The van der Waals surface area contributed by atoms with Crippen molar-refractivity contribution in [1.29, 1.82) is 0 Å². The van der Waals surface area contributed by atoms with Crippen LogP contribution in [-0.2, 0) is 6.42 Å². The van der Waals surface area contributed by atoms with Gasteiger partial charge in [-0.15, -0.1) is 0 Å². The molecular weight excluding hydrogens is 211 g/mol. The summed E-state index contributed by atoms with van der Waals surface area (Å²) in [6.07, 6.45) is 0.608. The normalized spacial score (nSPS) is 10.1. The second-order valence-electron chi connectivity index (χ2n) is 2.14. The van der Waals surface area contributed by atoms with Gasteiger partial charge in [0.15, 0.2) is 0 Å². The van der Waals surface area contributed by atoms with Gasteiger partial charge in [0.25, 0.3) is 0 Å². The topological polar surface area (TPSA) is 38.9 Å². The monoisotopic (exact) mass is 218 g/mol. The first kappa shape index (κ1) is 8.62. The lowest BCUT2D eigenvalue weighted by atomic mass is 10.3. The molecule has 1 aromatic rings. The molecule has 0 fully saturated rings. The highest BCUT2D eigenvalue weighted by atomic mass is 79.9. The third-order valence-corrected chi connectivity index (χ3v) is 1.67. The molecule has 11 heavy (non-hydrogen) atoms. The molecule has 0 saturated carbocycles. The van der Waals surface area contributed by atoms with E-state index in [-0.39, 0.29) is 0 Å². The summed E-state index contributed by atoms with van der Waals surface area (Å²) < 4.78 is 13.3. The van der Waals surface area contributed by atoms with Crippen molar-refractivity contribution in [2.45, 2.75) is 6.42 Å². The lowest BCUT2D eigenvalue weighted by Gasteiger charge is -1.98. The van der Waals surface area contributed by atoms with Crippen molar-refractivity contribution in [2.75, 3.05) is 6.54 Å². The maximum atomic E-state index is 12.6. The summed E-state index contributed by atoms with van der Waals surface area (Å²) in [5.41, 5.74) is 5.96. The zero-order valence-electron chi connectivity index (χ0n) is 5.85. The van der Waals surface area contributed by atoms with Crippen molar-refractivity contribution >= 4 is 15.9 Å². The van der Waals surface area contributed by atoms with Crippen LogP contribution in [0.2, 0.25) is 0 Å². The molecular formula is C7H8BrFN2. The van der Waals surface area contributed by atoms with Crippen molar-refractivity contribution in [3.8, 4) is 0 Å². The Labute approximate surface area is 72.8 Å². The van der Waals surface area contributed by atoms with Gasteiger partial charge in [-0.2, -0.15) is 4.39 Å². The van der Waals surface area contributed by atoms with Crippen molar-refractivity contribution in [3.05, 3.63) is 28.2 Å². The van der Waals surface area contributed by atoms with Crippen LogP contribution in [0.4, 0.5) is 4.39 Å². The SMILES string of the molecule is NCCc1cc(Br)cc(F)n1. The number of nitrogens with two attached hydrogens (primary N) is 1. The molecule has 4 heteroatoms. The smallest absolute Gasteiger partial charge is 0.214 e. The van der Waals surface area contributed by atoms with Gasteiger partial charge in [-0.3, -0.25) is 0 Å². The van der Waals surface area contributed by atoms with Gasteiger partial charge in [-0.1, -0.05) is 15.9 Å². The van der Waals surface area contributed by atoms with Gasteiger partial charge in [0.05, 0.1) is 0 Å². The highest BCUT2D eigenvalue weighted by molar-refractivity contribution is 9.10. The van der Waals surface area contributed by atoms with Crippen molar-refractivity contribution < 1.29 is 4.39 Å². The molecule has 60 valence electrons. The van der Waals surface area contributed by atoms with Crippen LogP contribution in [-0.4, -0.2) is 11.5 Å². The summed E-state index contributed by atoms with van der Waals surface area (Å²) in [7, 11) is 0. The molecule has 0 aliphatic rings. The average Bonchev–Trinajstić information content (AvgIpc) is 1.85. The molecule has 2 N–H and O–H groups in total. The average molecular weight is 219 g/mol. The van der Waals surface area contributed by atoms with E-state index in [1.54, 1.807) is 6.07 Å². The summed E-state index contributed by atoms with van der Waals surface area (Å²) in [6, 6.07) is 3.08. The second-order valence-corrected chi connectivity index (χ2v) is 3.05. The summed E-state index contributed by atoms with van der Waals surface area (Å²) in [6.45, 7) is 0.489. The fourth-order valence-electron chi connectivity index (χ4n) is 0.792. The van der Waals surface area contributed by atoms with Crippen molar-refractivity contribution in [3.63, 3.8) is 0 Å². The minimum absolute atomic E-state index is 0.470. The minimum atomic E-state index is -0.470. The molecule has 0 radical (unpaired) electrons. The van der Waals surface area contributed by atoms with E-state index < -0.39 is 5.95 Å². The molecule has 0 atom stereocenters. The van der Waals surface area contributed by atoms with E-state index in [0.29, 0.717) is 23.1 Å². The first-order valence-electron chi connectivity index (χ1n) is 3.24. The summed E-state index contributed by atoms with van der Waals surface area (Å²) in [5, 5.41) is 0. The molecule has 0 aliphatic heterocycles. The number of halogens is 2. The Morgan fingerprint density at radius 3 is 2.82 bits per heavy atom. The molecule has 2 nitrogen and oxygen atoms in total. The minimum Gasteiger partial charge on any atom is -0.330 e. The van der Waals surface area contributed by atoms with E-state index in [1.165, 1.54) is 6.07 Å². The van der Waals surface area contributed by atoms with Crippen LogP contribution in [0.3, 0.4) is 0 Å². The zero-order chi connectivity index (χ0) is 8.27. The van der Waals surface area contributed by atoms with E-state index in [2.05, 4.69) is 20.9 Å². The van der Waals surface area contributed by atoms with Crippen LogP contribution in [0.25, 0.3) is 0 Å². The van der Waals surface area contributed by atoms with Crippen LogP contribution in [0, 0.1) is 5.95 Å². The fourth-order valence-corrected chi connectivity index (χ4v) is 1.25. The quantitative estimate of drug-likeness (QED) is 0.765. The number of hydrogen-bond donors (Lipinski definition) is 1. The first-order valence-corrected chi connectivity index (χ1v) is 4.03. The molecule has 0 aromatic carbocycles. The zero-order valence-corrected chi connectivity index (χ0v) is 7.44. The Morgan fingerprint density at radius 2 is 2.27 bits per heavy atom. The van der Waals surface area contributed by atoms with Gasteiger partial charge in [0, 0.05) is 22.7 Å². The standard InChI is InChI=1S/C7H8BrFN2/c8-5-3-6(1-2-10)11-7(9)4-5/h3-4H,1-2,10H2. The highest BCUT2D eigenvalue weighted by Gasteiger charge is 1.98. The third-order valence-electron chi connectivity index (χ3n) is 1.21. The van der Waals surface area contributed by atoms with Crippen LogP contribution in [0.15, 0.2) is 16.6 Å². The maximum absolute atomic E-state index is 12.6. The van der Waals surface area contributed by atoms with Crippen LogP contribution in [0.5, 0.6) is 0 Å². The van der Waals surface area contributed by atoms with Gasteiger partial charge in [0.2, 0.25) is 5.95 Å². The summed E-state index contributed by atoms with van der Waals surface area (Å²) >= 11 is 3.16. The summed E-state index contributed by atoms with van der Waals surface area (Å²) in [4.78, 5) is 3.65. The number of rotatable bonds is 2. The fraction of sp³-hybridized carbons (Fsp3) is 0.286. The highest BCUT2D eigenvalue weighted by Crippen LogP contribution is 2.11. The van der Waals surface area contributed by atoms with Gasteiger partial charge in [-0.25, -0.2) is 4.98 Å².